The number of aromatic nitrogens is 1. The molecule has 1 fully saturated rings. The molecule has 2 atom stereocenters. The van der Waals surface area contributed by atoms with Gasteiger partial charge in [0.05, 0.1) is 23.5 Å². The van der Waals surface area contributed by atoms with Gasteiger partial charge in [0.25, 0.3) is 5.91 Å². The smallest absolute Gasteiger partial charge is 0.407 e. The van der Waals surface area contributed by atoms with Crippen molar-refractivity contribution in [1.82, 2.24) is 15.2 Å². The van der Waals surface area contributed by atoms with Crippen LogP contribution < -0.4 is 15.7 Å². The number of anilines is 1. The molecule has 2 N–H and O–H groups in total. The minimum atomic E-state index is -3.34. The van der Waals surface area contributed by atoms with Crippen molar-refractivity contribution >= 4 is 63.3 Å². The summed E-state index contributed by atoms with van der Waals surface area (Å²) in [4.78, 5) is 47.6. The highest BCUT2D eigenvalue weighted by molar-refractivity contribution is 8.00. The number of thiazole rings is 1. The van der Waals surface area contributed by atoms with Crippen molar-refractivity contribution in [3.8, 4) is 0 Å². The summed E-state index contributed by atoms with van der Waals surface area (Å²) in [6.45, 7) is -3.34. The van der Waals surface area contributed by atoms with Crippen LogP contribution in [0.4, 0.5) is 13.9 Å². The molecule has 3 heterocycles. The molecule has 0 spiro atoms. The van der Waals surface area contributed by atoms with Gasteiger partial charge in [0.1, 0.15) is 16.6 Å². The molecule has 0 bridgehead atoms. The molecule has 1 aromatic heterocycles. The lowest BCUT2D eigenvalue weighted by molar-refractivity contribution is -0.301. The van der Waals surface area contributed by atoms with E-state index in [-0.39, 0.29) is 23.6 Å². The van der Waals surface area contributed by atoms with Gasteiger partial charge in [0.15, 0.2) is 10.8 Å². The minimum Gasteiger partial charge on any atom is -0.543 e. The van der Waals surface area contributed by atoms with Gasteiger partial charge in [-0.05, 0) is 16.7 Å². The van der Waals surface area contributed by atoms with Crippen LogP contribution in [0.5, 0.6) is 0 Å². The van der Waals surface area contributed by atoms with Crippen molar-refractivity contribution in [3.63, 3.8) is 0 Å². The second-order valence-electron chi connectivity index (χ2n) is 10.5. The first-order valence-corrected chi connectivity index (χ1v) is 16.8. The number of carboxylic acids is 1. The fourth-order valence-electron chi connectivity index (χ4n) is 5.63. The second kappa shape index (κ2) is 14.1. The van der Waals surface area contributed by atoms with Crippen LogP contribution in [-0.4, -0.2) is 56.6 Å². The van der Waals surface area contributed by atoms with E-state index in [1.807, 2.05) is 91.0 Å². The number of carbonyl (C=O) groups excluding carboxylic acids is 3. The van der Waals surface area contributed by atoms with E-state index in [9.17, 15) is 28.3 Å². The number of nitrogens with zero attached hydrogens (tertiary/aromatic N) is 3. The van der Waals surface area contributed by atoms with Crippen molar-refractivity contribution in [1.29, 1.82) is 0 Å². The maximum absolute atomic E-state index is 13.6. The Labute approximate surface area is 286 Å². The maximum atomic E-state index is 13.6. The van der Waals surface area contributed by atoms with E-state index in [0.29, 0.717) is 5.13 Å². The summed E-state index contributed by atoms with van der Waals surface area (Å²) in [7, 11) is 0. The Kier molecular flexibility index (Phi) is 9.76. The molecule has 0 saturated carbocycles. The number of nitrogens with one attached hydrogen (secondary N) is 2. The zero-order chi connectivity index (χ0) is 33.8. The monoisotopic (exact) mass is 708 g/mol. The normalized spacial score (nSPS) is 17.9. The molecule has 0 aliphatic carbocycles. The molecule has 0 radical (unpaired) electrons. The third-order valence-corrected chi connectivity index (χ3v) is 10.2. The standard InChI is InChI=1S/C33H26ClF2N5O5S2/c34-17-22-27(30(44)45)41-24(42)16-25(41)48-29(22)38-28(43)26(40-46-31(35)36)23-18-47-32(37-23)39-33(19-10-4-1-5-11-19,20-12-6-2-7-13-20)21-14-8-3-9-15-21/h1-15,18,25,29,31H,16-17H2,(H,37,39)(H,38,43)(H,44,45)/p-1/t25-,29?/m1/s1. The van der Waals surface area contributed by atoms with Gasteiger partial charge in [-0.25, -0.2) is 4.98 Å². The van der Waals surface area contributed by atoms with Gasteiger partial charge in [0.2, 0.25) is 5.91 Å². The number of carboxylic acid groups (broad SMARTS) is 1. The largest absolute Gasteiger partial charge is 0.543 e. The van der Waals surface area contributed by atoms with E-state index in [0.717, 1.165) is 44.7 Å². The zero-order valence-electron chi connectivity index (χ0n) is 24.7. The number of halogens is 3. The van der Waals surface area contributed by atoms with Crippen LogP contribution in [-0.2, 0) is 24.8 Å². The van der Waals surface area contributed by atoms with Gasteiger partial charge >= 0.3 is 6.61 Å². The number of rotatable bonds is 12. The number of oxime groups is 1. The van der Waals surface area contributed by atoms with E-state index in [1.165, 1.54) is 5.38 Å². The van der Waals surface area contributed by atoms with E-state index in [4.69, 9.17) is 11.6 Å². The van der Waals surface area contributed by atoms with Crippen LogP contribution >= 0.6 is 34.7 Å². The summed E-state index contributed by atoms with van der Waals surface area (Å²) >= 11 is 8.26. The Hall–Kier alpha value is -4.79. The van der Waals surface area contributed by atoms with Crippen LogP contribution in [0.1, 0.15) is 28.8 Å². The summed E-state index contributed by atoms with van der Waals surface area (Å²) in [5, 5.41) is 21.7. The fourth-order valence-corrected chi connectivity index (χ4v) is 8.19. The lowest BCUT2D eigenvalue weighted by Gasteiger charge is -2.48. The predicted octanol–water partition coefficient (Wildman–Crippen LogP) is 4.48. The third kappa shape index (κ3) is 6.38. The summed E-state index contributed by atoms with van der Waals surface area (Å²) in [6.07, 6.45) is 0.0337. The van der Waals surface area contributed by atoms with E-state index in [2.05, 4.69) is 25.6 Å². The van der Waals surface area contributed by atoms with Gasteiger partial charge < -0.3 is 25.4 Å². The van der Waals surface area contributed by atoms with Crippen molar-refractivity contribution in [2.45, 2.75) is 29.3 Å². The highest BCUT2D eigenvalue weighted by atomic mass is 35.5. The highest BCUT2D eigenvalue weighted by Crippen LogP contribution is 2.44. The van der Waals surface area contributed by atoms with Crippen LogP contribution in [0, 0.1) is 0 Å². The quantitative estimate of drug-likeness (QED) is 0.0724. The third-order valence-electron chi connectivity index (χ3n) is 7.76. The van der Waals surface area contributed by atoms with Gasteiger partial charge in [-0.2, -0.15) is 8.78 Å². The molecule has 15 heteroatoms. The molecule has 246 valence electrons. The lowest BCUT2D eigenvalue weighted by Crippen LogP contribution is -2.59. The van der Waals surface area contributed by atoms with Gasteiger partial charge in [0, 0.05) is 16.8 Å². The number of aliphatic carboxylic acids is 1. The van der Waals surface area contributed by atoms with Crippen LogP contribution in [0.2, 0.25) is 0 Å². The van der Waals surface area contributed by atoms with E-state index < -0.39 is 52.1 Å². The number of alkyl halides is 3. The number of hydrogen-bond donors (Lipinski definition) is 2. The number of amides is 2. The predicted molar refractivity (Wildman–Crippen MR) is 176 cm³/mol. The highest BCUT2D eigenvalue weighted by Gasteiger charge is 2.47. The second-order valence-corrected chi connectivity index (χ2v) is 12.9. The minimum absolute atomic E-state index is 0.00689. The molecule has 2 aliphatic rings. The van der Waals surface area contributed by atoms with E-state index in [1.54, 1.807) is 0 Å². The Bertz CT molecular complexity index is 1780. The number of carbonyl (C=O) groups is 3. The van der Waals surface area contributed by atoms with Crippen LogP contribution in [0.25, 0.3) is 0 Å². The number of benzene rings is 3. The van der Waals surface area contributed by atoms with Gasteiger partial charge in [-0.1, -0.05) is 96.2 Å². The van der Waals surface area contributed by atoms with Gasteiger partial charge in [-0.15, -0.1) is 34.7 Å². The Morgan fingerprint density at radius 2 is 1.58 bits per heavy atom. The topological polar surface area (TPSA) is 136 Å². The molecule has 48 heavy (non-hydrogen) atoms. The maximum Gasteiger partial charge on any atom is 0.407 e. The Morgan fingerprint density at radius 1 is 1.02 bits per heavy atom. The summed E-state index contributed by atoms with van der Waals surface area (Å²) in [5.41, 5.74) is 0.590. The first-order chi connectivity index (χ1) is 23.2. The molecule has 2 amide bonds. The average Bonchev–Trinajstić information content (AvgIpc) is 3.55. The first kappa shape index (κ1) is 33.1. The van der Waals surface area contributed by atoms with E-state index >= 15 is 0 Å². The summed E-state index contributed by atoms with van der Waals surface area (Å²) in [5.74, 6) is -3.40. The summed E-state index contributed by atoms with van der Waals surface area (Å²) in [6, 6.07) is 29.0. The molecular formula is C33H25ClF2N5O5S2-. The molecule has 1 saturated heterocycles. The average molecular weight is 709 g/mol. The molecule has 4 aromatic rings. The molecular weight excluding hydrogens is 684 g/mol. The molecule has 6 rings (SSSR count). The molecule has 1 unspecified atom stereocenters. The summed E-state index contributed by atoms with van der Waals surface area (Å²) < 4.78 is 26.4. The Balaban J connectivity index is 1.37. The van der Waals surface area contributed by atoms with Crippen LogP contribution in [0.3, 0.4) is 0 Å². The first-order valence-electron chi connectivity index (χ1n) is 14.4. The fraction of sp³-hybridized carbons (Fsp3) is 0.182. The zero-order valence-corrected chi connectivity index (χ0v) is 27.1. The van der Waals surface area contributed by atoms with Crippen molar-refractivity contribution in [2.24, 2.45) is 5.16 Å². The van der Waals surface area contributed by atoms with Crippen LogP contribution in [0.15, 0.2) is 113 Å². The van der Waals surface area contributed by atoms with Crippen molar-refractivity contribution < 1.29 is 33.1 Å². The number of thioether (sulfide) groups is 1. The van der Waals surface area contributed by atoms with Crippen molar-refractivity contribution in [2.75, 3.05) is 11.2 Å². The molecule has 3 aromatic carbocycles. The molecule has 2 aliphatic heterocycles. The number of hydrogen-bond acceptors (Lipinski definition) is 10. The number of β-lactam (4-membered cyclic amide) rings is 1. The SMILES string of the molecule is O=C([O-])C1=C(CCl)C(NC(=O)C(=NOC(F)F)c2csc(NC(c3ccccc3)(c3ccccc3)c3ccccc3)n2)S[C@@H]2CC(=O)N12. The Morgan fingerprint density at radius 3 is 2.06 bits per heavy atom. The molecule has 10 nitrogen and oxygen atoms in total. The lowest BCUT2D eigenvalue weighted by atomic mass is 9.77. The van der Waals surface area contributed by atoms with Crippen molar-refractivity contribution in [3.05, 3.63) is 130 Å². The number of fused-ring (bicyclic) bond motifs is 1. The van der Waals surface area contributed by atoms with Gasteiger partial charge in [-0.3, -0.25) is 14.5 Å².